The second-order valence-corrected chi connectivity index (χ2v) is 5.62. The van der Waals surface area contributed by atoms with Crippen molar-refractivity contribution in [3.05, 3.63) is 35.4 Å². The Bertz CT molecular complexity index is 500. The maximum atomic E-state index is 12.0. The third-order valence-corrected chi connectivity index (χ3v) is 3.65. The van der Waals surface area contributed by atoms with Gasteiger partial charge in [-0.3, -0.25) is 14.5 Å². The van der Waals surface area contributed by atoms with Gasteiger partial charge < -0.3 is 10.2 Å². The summed E-state index contributed by atoms with van der Waals surface area (Å²) >= 11 is 0. The molecule has 122 valence electrons. The highest BCUT2D eigenvalue weighted by atomic mass is 16.2. The lowest BCUT2D eigenvalue weighted by Crippen LogP contribution is -2.42. The number of hydrogen-bond acceptors (Lipinski definition) is 3. The van der Waals surface area contributed by atoms with E-state index < -0.39 is 0 Å². The van der Waals surface area contributed by atoms with Gasteiger partial charge in [0, 0.05) is 20.6 Å². The van der Waals surface area contributed by atoms with Crippen LogP contribution in [-0.2, 0) is 16.0 Å². The smallest absolute Gasteiger partial charge is 0.236 e. The molecule has 0 spiro atoms. The fourth-order valence-corrected chi connectivity index (χ4v) is 2.10. The molecule has 0 atom stereocenters. The molecule has 5 nitrogen and oxygen atoms in total. The van der Waals surface area contributed by atoms with Crippen LogP contribution >= 0.6 is 0 Å². The molecular formula is C17H27N3O2. The Kier molecular flexibility index (Phi) is 7.60. The molecule has 0 radical (unpaired) electrons. The number of carbonyl (C=O) groups is 2. The van der Waals surface area contributed by atoms with Gasteiger partial charge in [-0.1, -0.05) is 31.2 Å². The van der Waals surface area contributed by atoms with E-state index in [1.54, 1.807) is 19.0 Å². The first-order valence-corrected chi connectivity index (χ1v) is 7.67. The zero-order valence-corrected chi connectivity index (χ0v) is 14.1. The maximum Gasteiger partial charge on any atom is 0.236 e. The van der Waals surface area contributed by atoms with Gasteiger partial charge in [-0.2, -0.15) is 0 Å². The van der Waals surface area contributed by atoms with Gasteiger partial charge in [-0.25, -0.2) is 0 Å². The quantitative estimate of drug-likeness (QED) is 0.781. The Hall–Kier alpha value is -1.88. The van der Waals surface area contributed by atoms with E-state index in [9.17, 15) is 9.59 Å². The van der Waals surface area contributed by atoms with Gasteiger partial charge in [0.25, 0.3) is 0 Å². The molecule has 0 heterocycles. The zero-order valence-electron chi connectivity index (χ0n) is 14.1. The molecule has 0 aliphatic rings. The van der Waals surface area contributed by atoms with E-state index >= 15 is 0 Å². The van der Waals surface area contributed by atoms with Crippen LogP contribution in [0.5, 0.6) is 0 Å². The number of benzene rings is 1. The Morgan fingerprint density at radius 3 is 2.41 bits per heavy atom. The van der Waals surface area contributed by atoms with Crippen LogP contribution in [0.15, 0.2) is 24.3 Å². The van der Waals surface area contributed by atoms with Crippen LogP contribution in [-0.4, -0.2) is 61.9 Å². The van der Waals surface area contributed by atoms with Crippen LogP contribution in [0.1, 0.15) is 18.1 Å². The number of likely N-dealkylation sites (N-methyl/N-ethyl adjacent to an activating group) is 2. The molecule has 0 aliphatic heterocycles. The largest absolute Gasteiger partial charge is 0.355 e. The second-order valence-electron chi connectivity index (χ2n) is 5.62. The van der Waals surface area contributed by atoms with Gasteiger partial charge in [-0.15, -0.1) is 0 Å². The average molecular weight is 305 g/mol. The highest BCUT2D eigenvalue weighted by molar-refractivity contribution is 5.80. The lowest BCUT2D eigenvalue weighted by Gasteiger charge is -2.21. The summed E-state index contributed by atoms with van der Waals surface area (Å²) in [5, 5.41) is 2.92. The fraction of sp³-hybridized carbons (Fsp3) is 0.529. The van der Waals surface area contributed by atoms with Gasteiger partial charge >= 0.3 is 0 Å². The first-order valence-electron chi connectivity index (χ1n) is 7.67. The molecule has 1 N–H and O–H groups in total. The zero-order chi connectivity index (χ0) is 16.5. The molecular weight excluding hydrogens is 278 g/mol. The van der Waals surface area contributed by atoms with Crippen LogP contribution in [0.25, 0.3) is 0 Å². The molecule has 2 amide bonds. The maximum absolute atomic E-state index is 12.0. The van der Waals surface area contributed by atoms with Gasteiger partial charge in [0.2, 0.25) is 11.8 Å². The molecule has 0 aromatic heterocycles. The Morgan fingerprint density at radius 1 is 1.14 bits per heavy atom. The summed E-state index contributed by atoms with van der Waals surface area (Å²) in [7, 11) is 3.44. The molecule has 1 aromatic rings. The second kappa shape index (κ2) is 9.20. The monoisotopic (exact) mass is 305 g/mol. The van der Waals surface area contributed by atoms with Crippen molar-refractivity contribution in [2.24, 2.45) is 0 Å². The fourth-order valence-electron chi connectivity index (χ4n) is 2.10. The highest BCUT2D eigenvalue weighted by Crippen LogP contribution is 2.06. The summed E-state index contributed by atoms with van der Waals surface area (Å²) in [6.45, 7) is 5.83. The Morgan fingerprint density at radius 2 is 1.82 bits per heavy atom. The number of nitrogens with zero attached hydrogens (tertiary/aromatic N) is 2. The minimum atomic E-state index is -0.0398. The van der Waals surface area contributed by atoms with Crippen molar-refractivity contribution in [1.82, 2.24) is 15.1 Å². The molecule has 1 rings (SSSR count). The summed E-state index contributed by atoms with van der Waals surface area (Å²) < 4.78 is 0. The molecule has 22 heavy (non-hydrogen) atoms. The third-order valence-electron chi connectivity index (χ3n) is 3.65. The number of hydrogen-bond donors (Lipinski definition) is 1. The standard InChI is InChI=1S/C17H27N3O2/c1-5-20(13-17(22)19(3)4)12-16(21)18-11-10-15-9-7-6-8-14(15)2/h6-9H,5,10-13H2,1-4H3,(H,18,21). The summed E-state index contributed by atoms with van der Waals surface area (Å²) in [6, 6.07) is 8.17. The van der Waals surface area contributed by atoms with Gasteiger partial charge in [0.15, 0.2) is 0 Å². The molecule has 0 unspecified atom stereocenters. The number of aryl methyl sites for hydroxylation is 1. The molecule has 0 fully saturated rings. The van der Waals surface area contributed by atoms with E-state index in [1.165, 1.54) is 11.1 Å². The number of carbonyl (C=O) groups excluding carboxylic acids is 2. The van der Waals surface area contributed by atoms with Crippen molar-refractivity contribution >= 4 is 11.8 Å². The topological polar surface area (TPSA) is 52.7 Å². The van der Waals surface area contributed by atoms with Gasteiger partial charge in [-0.05, 0) is 31.0 Å². The lowest BCUT2D eigenvalue weighted by atomic mass is 10.1. The van der Waals surface area contributed by atoms with Crippen molar-refractivity contribution in [2.75, 3.05) is 40.3 Å². The van der Waals surface area contributed by atoms with E-state index in [2.05, 4.69) is 24.4 Å². The van der Waals surface area contributed by atoms with Crippen LogP contribution in [0.3, 0.4) is 0 Å². The van der Waals surface area contributed by atoms with Gasteiger partial charge in [0.05, 0.1) is 13.1 Å². The van der Waals surface area contributed by atoms with E-state index in [1.807, 2.05) is 24.0 Å². The minimum Gasteiger partial charge on any atom is -0.355 e. The average Bonchev–Trinajstić information content (AvgIpc) is 2.48. The molecule has 0 bridgehead atoms. The van der Waals surface area contributed by atoms with E-state index in [-0.39, 0.29) is 24.9 Å². The Labute approximate surface area is 133 Å². The van der Waals surface area contributed by atoms with E-state index in [4.69, 9.17) is 0 Å². The van der Waals surface area contributed by atoms with Crippen molar-refractivity contribution in [3.8, 4) is 0 Å². The van der Waals surface area contributed by atoms with Crippen LogP contribution < -0.4 is 5.32 Å². The summed E-state index contributed by atoms with van der Waals surface area (Å²) in [4.78, 5) is 27.0. The number of rotatable bonds is 8. The van der Waals surface area contributed by atoms with Crippen molar-refractivity contribution in [1.29, 1.82) is 0 Å². The Balaban J connectivity index is 2.35. The van der Waals surface area contributed by atoms with Gasteiger partial charge in [0.1, 0.15) is 0 Å². The molecule has 0 saturated heterocycles. The molecule has 1 aromatic carbocycles. The van der Waals surface area contributed by atoms with E-state index in [0.717, 1.165) is 6.42 Å². The molecule has 0 saturated carbocycles. The number of amides is 2. The number of nitrogens with one attached hydrogen (secondary N) is 1. The van der Waals surface area contributed by atoms with Crippen LogP contribution in [0, 0.1) is 6.92 Å². The summed E-state index contributed by atoms with van der Waals surface area (Å²) in [5.41, 5.74) is 2.49. The van der Waals surface area contributed by atoms with Crippen molar-refractivity contribution in [2.45, 2.75) is 20.3 Å². The van der Waals surface area contributed by atoms with Crippen molar-refractivity contribution < 1.29 is 9.59 Å². The minimum absolute atomic E-state index is 0.00885. The third kappa shape index (κ3) is 6.26. The highest BCUT2D eigenvalue weighted by Gasteiger charge is 2.13. The molecule has 0 aliphatic carbocycles. The van der Waals surface area contributed by atoms with Crippen molar-refractivity contribution in [3.63, 3.8) is 0 Å². The summed E-state index contributed by atoms with van der Waals surface area (Å²) in [6.07, 6.45) is 0.821. The van der Waals surface area contributed by atoms with Crippen LogP contribution in [0.4, 0.5) is 0 Å². The van der Waals surface area contributed by atoms with E-state index in [0.29, 0.717) is 13.1 Å². The summed E-state index contributed by atoms with van der Waals surface area (Å²) in [5.74, 6) is -0.0310. The normalized spacial score (nSPS) is 10.6. The van der Waals surface area contributed by atoms with Crippen LogP contribution in [0.2, 0.25) is 0 Å². The predicted octanol–water partition coefficient (Wildman–Crippen LogP) is 1.06. The molecule has 5 heteroatoms. The first kappa shape index (κ1) is 18.2. The lowest BCUT2D eigenvalue weighted by molar-refractivity contribution is -0.130. The SMILES string of the molecule is CCN(CC(=O)NCCc1ccccc1C)CC(=O)N(C)C. The first-order chi connectivity index (χ1) is 10.4. The predicted molar refractivity (Wildman–Crippen MR) is 88.7 cm³/mol.